The van der Waals surface area contributed by atoms with Crippen molar-refractivity contribution in [3.8, 4) is 5.75 Å². The number of para-hydroxylation sites is 2. The fourth-order valence-corrected chi connectivity index (χ4v) is 3.92. The van der Waals surface area contributed by atoms with E-state index in [4.69, 9.17) is 9.72 Å². The second-order valence-electron chi connectivity index (χ2n) is 8.34. The zero-order valence-corrected chi connectivity index (χ0v) is 19.4. The van der Waals surface area contributed by atoms with Crippen LogP contribution in [0.5, 0.6) is 5.75 Å². The minimum absolute atomic E-state index is 0.0346. The molecule has 0 aliphatic heterocycles. The summed E-state index contributed by atoms with van der Waals surface area (Å²) in [6.45, 7) is 6.33. The SMILES string of the molecule is Cc1ccc(OCCCn2c(CCCNC(=O)c3ccccc3)nc3ccccc32)cc1C. The minimum Gasteiger partial charge on any atom is -0.494 e. The van der Waals surface area contributed by atoms with Crippen molar-refractivity contribution in [1.82, 2.24) is 14.9 Å². The maximum atomic E-state index is 12.2. The van der Waals surface area contributed by atoms with Gasteiger partial charge in [0.1, 0.15) is 11.6 Å². The third-order valence-corrected chi connectivity index (χ3v) is 5.91. The molecule has 0 aliphatic carbocycles. The minimum atomic E-state index is -0.0346. The number of nitrogens with zero attached hydrogens (tertiary/aromatic N) is 2. The molecule has 0 spiro atoms. The van der Waals surface area contributed by atoms with Crippen molar-refractivity contribution < 1.29 is 9.53 Å². The summed E-state index contributed by atoms with van der Waals surface area (Å²) in [5, 5.41) is 3.01. The second-order valence-corrected chi connectivity index (χ2v) is 8.34. The van der Waals surface area contributed by atoms with Crippen LogP contribution in [0.15, 0.2) is 72.8 Å². The van der Waals surface area contributed by atoms with E-state index in [9.17, 15) is 4.79 Å². The number of nitrogens with one attached hydrogen (secondary N) is 1. The van der Waals surface area contributed by atoms with Crippen molar-refractivity contribution in [2.75, 3.05) is 13.2 Å². The third kappa shape index (κ3) is 5.80. The van der Waals surface area contributed by atoms with E-state index in [0.717, 1.165) is 48.4 Å². The van der Waals surface area contributed by atoms with Crippen LogP contribution < -0.4 is 10.1 Å². The molecule has 1 heterocycles. The van der Waals surface area contributed by atoms with E-state index in [1.807, 2.05) is 42.5 Å². The van der Waals surface area contributed by atoms with Crippen LogP contribution in [0.3, 0.4) is 0 Å². The van der Waals surface area contributed by atoms with E-state index in [1.54, 1.807) is 0 Å². The highest BCUT2D eigenvalue weighted by Gasteiger charge is 2.11. The van der Waals surface area contributed by atoms with Gasteiger partial charge in [0.2, 0.25) is 0 Å². The molecule has 0 atom stereocenters. The lowest BCUT2D eigenvalue weighted by Crippen LogP contribution is -2.24. The summed E-state index contributed by atoms with van der Waals surface area (Å²) in [4.78, 5) is 17.1. The van der Waals surface area contributed by atoms with Crippen LogP contribution in [0.2, 0.25) is 0 Å². The van der Waals surface area contributed by atoms with Crippen molar-refractivity contribution in [3.63, 3.8) is 0 Å². The van der Waals surface area contributed by atoms with E-state index in [2.05, 4.69) is 54.1 Å². The molecule has 0 saturated heterocycles. The van der Waals surface area contributed by atoms with Gasteiger partial charge >= 0.3 is 0 Å². The quantitative estimate of drug-likeness (QED) is 0.331. The van der Waals surface area contributed by atoms with Crippen LogP contribution in [0.1, 0.15) is 40.2 Å². The summed E-state index contributed by atoms with van der Waals surface area (Å²) in [5.74, 6) is 1.94. The van der Waals surface area contributed by atoms with Crippen LogP contribution in [0, 0.1) is 13.8 Å². The Morgan fingerprint density at radius 1 is 0.939 bits per heavy atom. The molecule has 3 aromatic carbocycles. The Bertz CT molecular complexity index is 1210. The first kappa shape index (κ1) is 22.6. The summed E-state index contributed by atoms with van der Waals surface area (Å²) >= 11 is 0. The molecule has 0 unspecified atom stereocenters. The smallest absolute Gasteiger partial charge is 0.251 e. The Hall–Kier alpha value is -3.60. The number of rotatable bonds is 10. The van der Waals surface area contributed by atoms with Gasteiger partial charge in [-0.3, -0.25) is 4.79 Å². The summed E-state index contributed by atoms with van der Waals surface area (Å²) in [6, 6.07) is 23.8. The average Bonchev–Trinajstić information content (AvgIpc) is 3.19. The molecule has 5 nitrogen and oxygen atoms in total. The van der Waals surface area contributed by atoms with E-state index < -0.39 is 0 Å². The normalized spacial score (nSPS) is 11.0. The highest BCUT2D eigenvalue weighted by Crippen LogP contribution is 2.19. The van der Waals surface area contributed by atoms with E-state index in [1.165, 1.54) is 11.1 Å². The van der Waals surface area contributed by atoms with E-state index >= 15 is 0 Å². The van der Waals surface area contributed by atoms with Gasteiger partial charge in [-0.15, -0.1) is 0 Å². The standard InChI is InChI=1S/C28H31N3O2/c1-21-15-16-24(20-22(21)2)33-19-9-18-31-26-13-7-6-12-25(26)30-27(31)14-8-17-29-28(32)23-10-4-3-5-11-23/h3-7,10-13,15-16,20H,8-9,14,17-19H2,1-2H3,(H,29,32). The number of fused-ring (bicyclic) bond motifs is 1. The van der Waals surface area contributed by atoms with Gasteiger partial charge in [0, 0.05) is 25.1 Å². The number of carbonyl (C=O) groups is 1. The highest BCUT2D eigenvalue weighted by molar-refractivity contribution is 5.94. The molecule has 0 bridgehead atoms. The molecular weight excluding hydrogens is 410 g/mol. The molecule has 4 rings (SSSR count). The van der Waals surface area contributed by atoms with Gasteiger partial charge in [0.25, 0.3) is 5.91 Å². The molecule has 4 aromatic rings. The van der Waals surface area contributed by atoms with Gasteiger partial charge in [0.05, 0.1) is 17.6 Å². The summed E-state index contributed by atoms with van der Waals surface area (Å²) < 4.78 is 8.27. The lowest BCUT2D eigenvalue weighted by Gasteiger charge is -2.11. The van der Waals surface area contributed by atoms with Gasteiger partial charge in [-0.1, -0.05) is 36.4 Å². The number of amides is 1. The van der Waals surface area contributed by atoms with Crippen molar-refractivity contribution in [3.05, 3.63) is 95.3 Å². The van der Waals surface area contributed by atoms with Crippen LogP contribution in [-0.4, -0.2) is 28.6 Å². The summed E-state index contributed by atoms with van der Waals surface area (Å²) in [5.41, 5.74) is 5.36. The van der Waals surface area contributed by atoms with Crippen LogP contribution in [0.25, 0.3) is 11.0 Å². The number of ether oxygens (including phenoxy) is 1. The molecule has 1 aromatic heterocycles. The van der Waals surface area contributed by atoms with E-state index in [-0.39, 0.29) is 5.91 Å². The van der Waals surface area contributed by atoms with Crippen molar-refractivity contribution in [2.45, 2.75) is 39.7 Å². The van der Waals surface area contributed by atoms with Gasteiger partial charge in [-0.2, -0.15) is 0 Å². The molecule has 0 saturated carbocycles. The Balaban J connectivity index is 1.33. The van der Waals surface area contributed by atoms with E-state index in [0.29, 0.717) is 18.7 Å². The molecule has 1 N–H and O–H groups in total. The monoisotopic (exact) mass is 441 g/mol. The maximum Gasteiger partial charge on any atom is 0.251 e. The fraction of sp³-hybridized carbons (Fsp3) is 0.286. The first-order chi connectivity index (χ1) is 16.1. The van der Waals surface area contributed by atoms with Gasteiger partial charge in [-0.25, -0.2) is 4.98 Å². The van der Waals surface area contributed by atoms with Crippen LogP contribution >= 0.6 is 0 Å². The third-order valence-electron chi connectivity index (χ3n) is 5.91. The van der Waals surface area contributed by atoms with Crippen LogP contribution in [0.4, 0.5) is 0 Å². The van der Waals surface area contributed by atoms with Gasteiger partial charge < -0.3 is 14.6 Å². The average molecular weight is 442 g/mol. The topological polar surface area (TPSA) is 56.1 Å². The summed E-state index contributed by atoms with van der Waals surface area (Å²) in [6.07, 6.45) is 2.54. The summed E-state index contributed by atoms with van der Waals surface area (Å²) in [7, 11) is 0. The maximum absolute atomic E-state index is 12.2. The Kier molecular flexibility index (Phi) is 7.40. The Labute approximate surface area is 195 Å². The predicted molar refractivity (Wildman–Crippen MR) is 133 cm³/mol. The Morgan fingerprint density at radius 3 is 2.55 bits per heavy atom. The number of aryl methyl sites for hydroxylation is 4. The van der Waals surface area contributed by atoms with Gasteiger partial charge in [0.15, 0.2) is 0 Å². The predicted octanol–water partition coefficient (Wildman–Crippen LogP) is 5.48. The number of benzene rings is 3. The molecule has 33 heavy (non-hydrogen) atoms. The molecule has 0 radical (unpaired) electrons. The first-order valence-corrected chi connectivity index (χ1v) is 11.6. The van der Waals surface area contributed by atoms with Crippen molar-refractivity contribution in [1.29, 1.82) is 0 Å². The first-order valence-electron chi connectivity index (χ1n) is 11.6. The van der Waals surface area contributed by atoms with Crippen molar-refractivity contribution in [2.24, 2.45) is 0 Å². The van der Waals surface area contributed by atoms with Gasteiger partial charge in [-0.05, 0) is 74.2 Å². The number of hydrogen-bond acceptors (Lipinski definition) is 3. The van der Waals surface area contributed by atoms with Crippen LogP contribution in [-0.2, 0) is 13.0 Å². The number of carbonyl (C=O) groups excluding carboxylic acids is 1. The lowest BCUT2D eigenvalue weighted by atomic mass is 10.1. The molecule has 0 aliphatic rings. The molecule has 5 heteroatoms. The molecule has 170 valence electrons. The lowest BCUT2D eigenvalue weighted by molar-refractivity contribution is 0.0953. The Morgan fingerprint density at radius 2 is 1.73 bits per heavy atom. The second kappa shape index (κ2) is 10.8. The zero-order chi connectivity index (χ0) is 23.0. The number of aromatic nitrogens is 2. The molecule has 1 amide bonds. The zero-order valence-electron chi connectivity index (χ0n) is 19.4. The fourth-order valence-electron chi connectivity index (χ4n) is 3.92. The molecule has 0 fully saturated rings. The largest absolute Gasteiger partial charge is 0.494 e. The highest BCUT2D eigenvalue weighted by atomic mass is 16.5. The number of imidazole rings is 1. The van der Waals surface area contributed by atoms with Crippen molar-refractivity contribution >= 4 is 16.9 Å². The molecular formula is C28H31N3O2. The number of hydrogen-bond donors (Lipinski definition) is 1.